The van der Waals surface area contributed by atoms with E-state index in [9.17, 15) is 21.6 Å². The molecule has 168 valence electrons. The number of anilines is 2. The van der Waals surface area contributed by atoms with E-state index in [1.165, 1.54) is 18.2 Å². The Kier molecular flexibility index (Phi) is 5.45. The number of rotatable bonds is 4. The second-order valence-corrected chi connectivity index (χ2v) is 10.2. The highest BCUT2D eigenvalue weighted by Crippen LogP contribution is 2.48. The summed E-state index contributed by atoms with van der Waals surface area (Å²) in [5.74, 6) is 0. The lowest BCUT2D eigenvalue weighted by atomic mass is 9.73. The third kappa shape index (κ3) is 4.32. The Labute approximate surface area is 185 Å². The van der Waals surface area contributed by atoms with Crippen LogP contribution in [0.3, 0.4) is 0 Å². The molecule has 1 heterocycles. The fraction of sp³-hybridized carbons (Fsp3) is 0.250. The maximum atomic E-state index is 13.7. The van der Waals surface area contributed by atoms with Crippen molar-refractivity contribution in [1.82, 2.24) is 0 Å². The van der Waals surface area contributed by atoms with Crippen LogP contribution in [-0.4, -0.2) is 8.42 Å². The van der Waals surface area contributed by atoms with Crippen LogP contribution >= 0.6 is 0 Å². The Balaban J connectivity index is 1.68. The maximum absolute atomic E-state index is 13.7. The van der Waals surface area contributed by atoms with E-state index < -0.39 is 33.2 Å². The topological polar surface area (TPSA) is 58.2 Å². The molecule has 3 aromatic rings. The molecule has 0 aliphatic carbocycles. The van der Waals surface area contributed by atoms with Gasteiger partial charge in [0, 0.05) is 5.69 Å². The number of alkyl halides is 3. The van der Waals surface area contributed by atoms with Crippen LogP contribution in [0.1, 0.15) is 43.0 Å². The molecule has 0 fully saturated rings. The zero-order valence-electron chi connectivity index (χ0n) is 17.6. The lowest BCUT2D eigenvalue weighted by molar-refractivity contribution is -0.137. The zero-order valence-corrected chi connectivity index (χ0v) is 18.4. The Hall–Kier alpha value is -3.00. The highest BCUT2D eigenvalue weighted by molar-refractivity contribution is 7.92. The molecule has 1 unspecified atom stereocenters. The monoisotopic (exact) mass is 460 g/mol. The van der Waals surface area contributed by atoms with Crippen molar-refractivity contribution < 1.29 is 21.6 Å². The van der Waals surface area contributed by atoms with Crippen LogP contribution in [0, 0.1) is 0 Å². The van der Waals surface area contributed by atoms with E-state index in [0.29, 0.717) is 23.2 Å². The molecule has 0 saturated carbocycles. The summed E-state index contributed by atoms with van der Waals surface area (Å²) in [6, 6.07) is 18.6. The van der Waals surface area contributed by atoms with Crippen molar-refractivity contribution in [2.24, 2.45) is 0 Å². The van der Waals surface area contributed by atoms with Crippen molar-refractivity contribution in [3.63, 3.8) is 0 Å². The zero-order chi connectivity index (χ0) is 23.1. The SMILES string of the molecule is CC1(C)CC(c2cccc(NS(=O)(=O)c3ccccc3)c2)Nc2c(C(F)(F)F)cccc21. The van der Waals surface area contributed by atoms with Crippen molar-refractivity contribution in [3.05, 3.63) is 89.5 Å². The predicted octanol–water partition coefficient (Wildman–Crippen LogP) is 6.34. The fourth-order valence-electron chi connectivity index (χ4n) is 4.19. The van der Waals surface area contributed by atoms with Crippen molar-refractivity contribution in [3.8, 4) is 0 Å². The highest BCUT2D eigenvalue weighted by atomic mass is 32.2. The van der Waals surface area contributed by atoms with Crippen molar-refractivity contribution in [2.45, 2.75) is 42.8 Å². The average molecular weight is 461 g/mol. The summed E-state index contributed by atoms with van der Waals surface area (Å²) in [6.45, 7) is 3.84. The van der Waals surface area contributed by atoms with Gasteiger partial charge < -0.3 is 5.32 Å². The van der Waals surface area contributed by atoms with Crippen molar-refractivity contribution in [2.75, 3.05) is 10.0 Å². The molecule has 0 spiro atoms. The van der Waals surface area contributed by atoms with Gasteiger partial charge in [-0.05, 0) is 53.3 Å². The normalized spacial score (nSPS) is 17.8. The smallest absolute Gasteiger partial charge is 0.377 e. The molecule has 1 aliphatic rings. The molecule has 1 aliphatic heterocycles. The third-order valence-electron chi connectivity index (χ3n) is 5.73. The summed E-state index contributed by atoms with van der Waals surface area (Å²) in [7, 11) is -3.78. The van der Waals surface area contributed by atoms with Gasteiger partial charge in [0.15, 0.2) is 0 Å². The molecule has 4 nitrogen and oxygen atoms in total. The van der Waals surface area contributed by atoms with Crippen LogP contribution < -0.4 is 10.0 Å². The molecule has 4 rings (SSSR count). The Bertz CT molecular complexity index is 1230. The summed E-state index contributed by atoms with van der Waals surface area (Å²) in [5.41, 5.74) is 0.538. The van der Waals surface area contributed by atoms with E-state index in [1.54, 1.807) is 48.5 Å². The van der Waals surface area contributed by atoms with E-state index in [-0.39, 0.29) is 10.6 Å². The number of hydrogen-bond acceptors (Lipinski definition) is 3. The quantitative estimate of drug-likeness (QED) is 0.478. The summed E-state index contributed by atoms with van der Waals surface area (Å²) < 4.78 is 68.8. The second kappa shape index (κ2) is 7.85. The van der Waals surface area contributed by atoms with Gasteiger partial charge in [-0.2, -0.15) is 13.2 Å². The number of fused-ring (bicyclic) bond motifs is 1. The van der Waals surface area contributed by atoms with Crippen LogP contribution in [0.2, 0.25) is 0 Å². The summed E-state index contributed by atoms with van der Waals surface area (Å²) >= 11 is 0. The van der Waals surface area contributed by atoms with Crippen LogP contribution in [0.15, 0.2) is 77.7 Å². The minimum Gasteiger partial charge on any atom is -0.377 e. The van der Waals surface area contributed by atoms with Crippen LogP contribution in [0.5, 0.6) is 0 Å². The standard InChI is InChI=1S/C24H23F3N2O2S/c1-23(2)15-21(28-22-19(23)12-7-13-20(22)24(25,26)27)16-8-6-9-17(14-16)29-32(30,31)18-10-4-3-5-11-18/h3-14,21,28-29H,15H2,1-2H3. The lowest BCUT2D eigenvalue weighted by Crippen LogP contribution is -2.32. The van der Waals surface area contributed by atoms with Gasteiger partial charge in [0.25, 0.3) is 10.0 Å². The first-order valence-electron chi connectivity index (χ1n) is 10.1. The van der Waals surface area contributed by atoms with Gasteiger partial charge in [0.05, 0.1) is 22.2 Å². The van der Waals surface area contributed by atoms with Crippen molar-refractivity contribution >= 4 is 21.4 Å². The molecule has 32 heavy (non-hydrogen) atoms. The van der Waals surface area contributed by atoms with Gasteiger partial charge in [0.2, 0.25) is 0 Å². The van der Waals surface area contributed by atoms with E-state index in [4.69, 9.17) is 0 Å². The van der Waals surface area contributed by atoms with Gasteiger partial charge in [-0.25, -0.2) is 8.42 Å². The van der Waals surface area contributed by atoms with Gasteiger partial charge in [-0.15, -0.1) is 0 Å². The molecule has 0 aromatic heterocycles. The van der Waals surface area contributed by atoms with Gasteiger partial charge in [-0.3, -0.25) is 4.72 Å². The molecule has 3 aromatic carbocycles. The molecular formula is C24H23F3N2O2S. The van der Waals surface area contributed by atoms with E-state index in [0.717, 1.165) is 6.07 Å². The van der Waals surface area contributed by atoms with Crippen LogP contribution in [0.25, 0.3) is 0 Å². The third-order valence-corrected chi connectivity index (χ3v) is 7.12. The van der Waals surface area contributed by atoms with Gasteiger partial charge in [-0.1, -0.05) is 56.3 Å². The minimum absolute atomic E-state index is 0.0801. The Morgan fingerprint density at radius 1 is 0.969 bits per heavy atom. The molecule has 1 atom stereocenters. The fourth-order valence-corrected chi connectivity index (χ4v) is 5.26. The van der Waals surface area contributed by atoms with E-state index in [2.05, 4.69) is 10.0 Å². The average Bonchev–Trinajstić information content (AvgIpc) is 2.73. The maximum Gasteiger partial charge on any atom is 0.418 e. The minimum atomic E-state index is -4.48. The second-order valence-electron chi connectivity index (χ2n) is 8.55. The summed E-state index contributed by atoms with van der Waals surface area (Å²) in [5, 5.41) is 3.07. The molecule has 0 amide bonds. The lowest BCUT2D eigenvalue weighted by Gasteiger charge is -2.40. The van der Waals surface area contributed by atoms with Gasteiger partial charge in [0.1, 0.15) is 0 Å². The molecular weight excluding hydrogens is 437 g/mol. The van der Waals surface area contributed by atoms with E-state index in [1.807, 2.05) is 13.8 Å². The highest BCUT2D eigenvalue weighted by Gasteiger charge is 2.41. The number of nitrogens with one attached hydrogen (secondary N) is 2. The van der Waals surface area contributed by atoms with Crippen LogP contribution in [-0.2, 0) is 21.6 Å². The number of para-hydroxylation sites is 1. The number of hydrogen-bond donors (Lipinski definition) is 2. The number of benzene rings is 3. The molecule has 2 N–H and O–H groups in total. The van der Waals surface area contributed by atoms with Crippen LogP contribution in [0.4, 0.5) is 24.5 Å². The first-order chi connectivity index (χ1) is 15.0. The summed E-state index contributed by atoms with van der Waals surface area (Å²) in [4.78, 5) is 0.131. The predicted molar refractivity (Wildman–Crippen MR) is 119 cm³/mol. The molecule has 0 bridgehead atoms. The number of halogens is 3. The first-order valence-corrected chi connectivity index (χ1v) is 11.6. The molecule has 8 heteroatoms. The van der Waals surface area contributed by atoms with Crippen molar-refractivity contribution in [1.29, 1.82) is 0 Å². The molecule has 0 radical (unpaired) electrons. The first kappa shape index (κ1) is 22.2. The number of sulfonamides is 1. The molecule has 0 saturated heterocycles. The Morgan fingerprint density at radius 3 is 2.34 bits per heavy atom. The van der Waals surface area contributed by atoms with E-state index >= 15 is 0 Å². The Morgan fingerprint density at radius 2 is 1.66 bits per heavy atom. The summed E-state index contributed by atoms with van der Waals surface area (Å²) in [6.07, 6.45) is -3.93. The van der Waals surface area contributed by atoms with Gasteiger partial charge >= 0.3 is 6.18 Å². The largest absolute Gasteiger partial charge is 0.418 e.